The van der Waals surface area contributed by atoms with Gasteiger partial charge in [-0.25, -0.2) is 0 Å². The number of aliphatic hydroxyl groups is 3. The van der Waals surface area contributed by atoms with Gasteiger partial charge in [0.05, 0.1) is 12.0 Å². The van der Waals surface area contributed by atoms with Crippen molar-refractivity contribution in [3.63, 3.8) is 0 Å². The fourth-order valence-electron chi connectivity index (χ4n) is 4.45. The van der Waals surface area contributed by atoms with Gasteiger partial charge < -0.3 is 53.8 Å². The number of ether oxygens (including phenoxy) is 7. The molecule has 0 aromatic carbocycles. The number of nitrogens with one attached hydrogen (secondary N) is 1. The summed E-state index contributed by atoms with van der Waals surface area (Å²) in [4.78, 5) is 24.2. The molecule has 0 spiro atoms. The molecule has 0 aliphatic carbocycles. The van der Waals surface area contributed by atoms with E-state index in [1.165, 1.54) is 14.0 Å². The highest BCUT2D eigenvalue weighted by atomic mass is 16.8. The zero-order valence-corrected chi connectivity index (χ0v) is 21.7. The topological polar surface area (TPSA) is 171 Å². The van der Waals surface area contributed by atoms with Gasteiger partial charge in [0.2, 0.25) is 5.91 Å². The van der Waals surface area contributed by atoms with E-state index in [9.17, 15) is 24.9 Å². The Labute approximate surface area is 210 Å². The second kappa shape index (κ2) is 11.1. The minimum Gasteiger partial charge on any atom is -0.462 e. The number of carbonyl (C=O) groups excluding carboxylic acids is 2. The Morgan fingerprint density at radius 2 is 1.61 bits per heavy atom. The molecule has 36 heavy (non-hydrogen) atoms. The largest absolute Gasteiger partial charge is 0.462 e. The maximum absolute atomic E-state index is 12.4. The van der Waals surface area contributed by atoms with Crippen LogP contribution in [0.1, 0.15) is 41.5 Å². The lowest BCUT2D eigenvalue weighted by atomic mass is 9.95. The van der Waals surface area contributed by atoms with Gasteiger partial charge in [-0.3, -0.25) is 9.59 Å². The Morgan fingerprint density at radius 1 is 1.00 bits per heavy atom. The quantitative estimate of drug-likeness (QED) is 0.295. The van der Waals surface area contributed by atoms with Crippen LogP contribution >= 0.6 is 0 Å². The average molecular weight is 522 g/mol. The van der Waals surface area contributed by atoms with E-state index in [-0.39, 0.29) is 6.61 Å². The molecule has 3 aliphatic rings. The Bertz CT molecular complexity index is 786. The SMILES string of the molecule is CO[C@H]1O[C@H](CO)[C@H](O)[C@H](O[C@@H]2O[C@H](COC(=O)C(C)(C)C)[C@@H]3OC(C)(C)O[C@@H]3[C@H]2O)[C@H]1NC(C)=O. The first kappa shape index (κ1) is 29.1. The van der Waals surface area contributed by atoms with Crippen molar-refractivity contribution in [1.29, 1.82) is 0 Å². The summed E-state index contributed by atoms with van der Waals surface area (Å²) in [7, 11) is 1.34. The highest BCUT2D eigenvalue weighted by Crippen LogP contribution is 2.39. The monoisotopic (exact) mass is 521 g/mol. The molecule has 3 rings (SSSR count). The number of amides is 1. The van der Waals surface area contributed by atoms with Crippen LogP contribution < -0.4 is 5.32 Å². The van der Waals surface area contributed by atoms with Gasteiger partial charge in [-0.05, 0) is 34.6 Å². The smallest absolute Gasteiger partial charge is 0.311 e. The third-order valence-corrected chi connectivity index (χ3v) is 6.19. The highest BCUT2D eigenvalue weighted by molar-refractivity contribution is 5.75. The fourth-order valence-corrected chi connectivity index (χ4v) is 4.45. The molecule has 3 heterocycles. The molecule has 0 aromatic rings. The summed E-state index contributed by atoms with van der Waals surface area (Å²) in [5.74, 6) is -1.95. The first-order valence-electron chi connectivity index (χ1n) is 11.9. The van der Waals surface area contributed by atoms with E-state index < -0.39 is 91.0 Å². The maximum Gasteiger partial charge on any atom is 0.311 e. The van der Waals surface area contributed by atoms with Crippen molar-refractivity contribution in [3.05, 3.63) is 0 Å². The lowest BCUT2D eigenvalue weighted by Crippen LogP contribution is -2.67. The molecule has 0 aromatic heterocycles. The van der Waals surface area contributed by atoms with Crippen molar-refractivity contribution < 1.29 is 58.1 Å². The van der Waals surface area contributed by atoms with Crippen LogP contribution in [-0.2, 0) is 42.7 Å². The number of rotatable bonds is 7. The fraction of sp³-hybridized carbons (Fsp3) is 0.913. The normalized spacial score (nSPS) is 40.4. The second-order valence-electron chi connectivity index (χ2n) is 10.7. The van der Waals surface area contributed by atoms with Crippen LogP contribution in [0.25, 0.3) is 0 Å². The average Bonchev–Trinajstić information content (AvgIpc) is 3.11. The number of hydrogen-bond acceptors (Lipinski definition) is 12. The minimum absolute atomic E-state index is 0.200. The molecule has 3 aliphatic heterocycles. The number of esters is 1. The molecular weight excluding hydrogens is 482 g/mol. The van der Waals surface area contributed by atoms with Crippen LogP contribution in [0.4, 0.5) is 0 Å². The molecule has 0 bridgehead atoms. The number of aliphatic hydroxyl groups excluding tert-OH is 3. The predicted molar refractivity (Wildman–Crippen MR) is 120 cm³/mol. The van der Waals surface area contributed by atoms with Gasteiger partial charge in [0.15, 0.2) is 18.4 Å². The van der Waals surface area contributed by atoms with Gasteiger partial charge in [0, 0.05) is 14.0 Å². The molecule has 0 saturated carbocycles. The second-order valence-corrected chi connectivity index (χ2v) is 10.7. The summed E-state index contributed by atoms with van der Waals surface area (Å²) < 4.78 is 40.1. The Kier molecular flexibility index (Phi) is 9.01. The zero-order valence-electron chi connectivity index (χ0n) is 21.7. The molecule has 3 saturated heterocycles. The summed E-state index contributed by atoms with van der Waals surface area (Å²) >= 11 is 0. The lowest BCUT2D eigenvalue weighted by molar-refractivity contribution is -0.334. The van der Waals surface area contributed by atoms with E-state index in [4.69, 9.17) is 33.2 Å². The standard InChI is InChI=1S/C23H39NO12/c1-10(26)24-13-17(14(27)11(8-25)32-19(13)30-7)34-20-15(28)18-16(35-23(5,6)36-18)12(33-20)9-31-21(29)22(2,3)4/h11-20,25,27-28H,8-9H2,1-7H3,(H,24,26)/t11-,12-,13-,14+,15-,16+,17-,18-,19+,20+/m1/s1. The summed E-state index contributed by atoms with van der Waals surface area (Å²) in [5, 5.41) is 34.2. The van der Waals surface area contributed by atoms with Gasteiger partial charge in [-0.15, -0.1) is 0 Å². The van der Waals surface area contributed by atoms with Crippen molar-refractivity contribution in [2.24, 2.45) is 5.41 Å². The van der Waals surface area contributed by atoms with E-state index in [0.29, 0.717) is 0 Å². The molecule has 13 nitrogen and oxygen atoms in total. The van der Waals surface area contributed by atoms with Crippen LogP contribution in [0, 0.1) is 5.41 Å². The molecule has 3 fully saturated rings. The molecular formula is C23H39NO12. The van der Waals surface area contributed by atoms with Crippen LogP contribution in [0.5, 0.6) is 0 Å². The molecule has 0 radical (unpaired) electrons. The van der Waals surface area contributed by atoms with E-state index in [2.05, 4.69) is 5.32 Å². The molecule has 13 heteroatoms. The van der Waals surface area contributed by atoms with Crippen LogP contribution in [-0.4, -0.2) is 115 Å². The molecule has 10 atom stereocenters. The Morgan fingerprint density at radius 3 is 2.17 bits per heavy atom. The van der Waals surface area contributed by atoms with Crippen molar-refractivity contribution in [2.45, 2.75) is 109 Å². The van der Waals surface area contributed by atoms with Crippen LogP contribution in [0.2, 0.25) is 0 Å². The number of hydrogen-bond donors (Lipinski definition) is 4. The molecule has 1 amide bonds. The molecule has 4 N–H and O–H groups in total. The van der Waals surface area contributed by atoms with Crippen molar-refractivity contribution in [3.8, 4) is 0 Å². The first-order valence-corrected chi connectivity index (χ1v) is 11.9. The van der Waals surface area contributed by atoms with Crippen molar-refractivity contribution in [2.75, 3.05) is 20.3 Å². The van der Waals surface area contributed by atoms with Gasteiger partial charge >= 0.3 is 5.97 Å². The van der Waals surface area contributed by atoms with Crippen molar-refractivity contribution in [1.82, 2.24) is 5.32 Å². The van der Waals surface area contributed by atoms with E-state index in [1.807, 2.05) is 0 Å². The Balaban J connectivity index is 1.85. The van der Waals surface area contributed by atoms with Gasteiger partial charge in [-0.2, -0.15) is 0 Å². The minimum atomic E-state index is -1.42. The van der Waals surface area contributed by atoms with E-state index >= 15 is 0 Å². The van der Waals surface area contributed by atoms with Crippen molar-refractivity contribution >= 4 is 11.9 Å². The predicted octanol–water partition coefficient (Wildman–Crippen LogP) is -1.20. The van der Waals surface area contributed by atoms with E-state index in [0.717, 1.165) is 0 Å². The number of carbonyl (C=O) groups is 2. The van der Waals surface area contributed by atoms with Gasteiger partial charge in [0.25, 0.3) is 0 Å². The van der Waals surface area contributed by atoms with Crippen LogP contribution in [0.3, 0.4) is 0 Å². The lowest BCUT2D eigenvalue weighted by Gasteiger charge is -2.47. The van der Waals surface area contributed by atoms with Crippen LogP contribution in [0.15, 0.2) is 0 Å². The summed E-state index contributed by atoms with van der Waals surface area (Å²) in [6.45, 7) is 9.02. The summed E-state index contributed by atoms with van der Waals surface area (Å²) in [5.41, 5.74) is -0.748. The first-order chi connectivity index (χ1) is 16.7. The van der Waals surface area contributed by atoms with Gasteiger partial charge in [-0.1, -0.05) is 0 Å². The van der Waals surface area contributed by atoms with Gasteiger partial charge in [0.1, 0.15) is 55.4 Å². The molecule has 0 unspecified atom stereocenters. The third-order valence-electron chi connectivity index (χ3n) is 6.19. The molecule has 208 valence electrons. The number of fused-ring (bicyclic) bond motifs is 1. The Hall–Kier alpha value is -1.42. The zero-order chi connectivity index (χ0) is 27.0. The van der Waals surface area contributed by atoms with E-state index in [1.54, 1.807) is 34.6 Å². The number of methoxy groups -OCH3 is 1. The maximum atomic E-state index is 12.4. The highest BCUT2D eigenvalue weighted by Gasteiger charge is 2.57. The summed E-state index contributed by atoms with van der Waals surface area (Å²) in [6, 6.07) is -1.01. The third kappa shape index (κ3) is 6.34. The summed E-state index contributed by atoms with van der Waals surface area (Å²) in [6.07, 6.45) is -10.1.